The summed E-state index contributed by atoms with van der Waals surface area (Å²) in [6, 6.07) is 0. The van der Waals surface area contributed by atoms with E-state index in [1.54, 1.807) is 0 Å². The molecule has 0 aromatic heterocycles. The summed E-state index contributed by atoms with van der Waals surface area (Å²) in [6.45, 7) is 8.98. The Morgan fingerprint density at radius 3 is 2.25 bits per heavy atom. The number of unbranched alkanes of at least 4 members (excludes halogenated alkanes) is 1. The Hall–Kier alpha value is -0.530. The zero-order valence-corrected chi connectivity index (χ0v) is 14.0. The van der Waals surface area contributed by atoms with Crippen LogP contribution in [0.4, 0.5) is 0 Å². The molecule has 0 aliphatic heterocycles. The lowest BCUT2D eigenvalue weighted by Gasteiger charge is -2.40. The average molecular weight is 282 g/mol. The molecule has 1 aliphatic carbocycles. The predicted octanol–water partition coefficient (Wildman–Crippen LogP) is 5.51. The van der Waals surface area contributed by atoms with Crippen LogP contribution in [0.1, 0.15) is 85.5 Å². The van der Waals surface area contributed by atoms with Gasteiger partial charge in [0.05, 0.1) is 5.41 Å². The lowest BCUT2D eigenvalue weighted by atomic mass is 9.64. The van der Waals surface area contributed by atoms with E-state index in [4.69, 9.17) is 0 Å². The van der Waals surface area contributed by atoms with Gasteiger partial charge in [0.2, 0.25) is 0 Å². The molecule has 0 aromatic carbocycles. The van der Waals surface area contributed by atoms with E-state index >= 15 is 0 Å². The quantitative estimate of drug-likeness (QED) is 0.637. The van der Waals surface area contributed by atoms with Gasteiger partial charge < -0.3 is 5.11 Å². The van der Waals surface area contributed by atoms with Gasteiger partial charge in [-0.25, -0.2) is 0 Å². The van der Waals surface area contributed by atoms with Crippen LogP contribution < -0.4 is 0 Å². The molecule has 0 aromatic rings. The predicted molar refractivity (Wildman–Crippen MR) is 84.8 cm³/mol. The van der Waals surface area contributed by atoms with Crippen molar-refractivity contribution in [1.82, 2.24) is 0 Å². The standard InChI is InChI=1S/C18H34O2/c1-5-7-8-15(6-2)13-18(17(19)20)11-9-16(10-12-18)14(3)4/h14-16H,5-13H2,1-4H3,(H,19,20). The molecule has 20 heavy (non-hydrogen) atoms. The van der Waals surface area contributed by atoms with Crippen molar-refractivity contribution in [3.63, 3.8) is 0 Å². The van der Waals surface area contributed by atoms with Crippen LogP contribution in [-0.2, 0) is 4.79 Å². The summed E-state index contributed by atoms with van der Waals surface area (Å²) in [5, 5.41) is 9.78. The minimum absolute atomic E-state index is 0.417. The average Bonchev–Trinajstić information content (AvgIpc) is 2.43. The molecule has 118 valence electrons. The summed E-state index contributed by atoms with van der Waals surface area (Å²) >= 11 is 0. The highest BCUT2D eigenvalue weighted by molar-refractivity contribution is 5.74. The van der Waals surface area contributed by atoms with Gasteiger partial charge in [-0.2, -0.15) is 0 Å². The van der Waals surface area contributed by atoms with Gasteiger partial charge in [0, 0.05) is 0 Å². The maximum absolute atomic E-state index is 11.9. The molecule has 0 saturated heterocycles. The molecule has 0 radical (unpaired) electrons. The molecule has 1 fully saturated rings. The van der Waals surface area contributed by atoms with Crippen LogP contribution in [0, 0.1) is 23.2 Å². The Morgan fingerprint density at radius 2 is 1.85 bits per heavy atom. The molecule has 1 unspecified atom stereocenters. The Bertz CT molecular complexity index is 288. The summed E-state index contributed by atoms with van der Waals surface area (Å²) in [5.74, 6) is 1.50. The van der Waals surface area contributed by atoms with E-state index in [1.165, 1.54) is 19.3 Å². The first-order valence-electron chi connectivity index (χ1n) is 8.68. The van der Waals surface area contributed by atoms with Crippen molar-refractivity contribution in [3.8, 4) is 0 Å². The van der Waals surface area contributed by atoms with E-state index in [2.05, 4.69) is 27.7 Å². The maximum atomic E-state index is 11.9. The van der Waals surface area contributed by atoms with Crippen molar-refractivity contribution in [3.05, 3.63) is 0 Å². The summed E-state index contributed by atoms with van der Waals surface area (Å²) in [5.41, 5.74) is -0.417. The summed E-state index contributed by atoms with van der Waals surface area (Å²) in [4.78, 5) is 11.9. The molecule has 1 atom stereocenters. The van der Waals surface area contributed by atoms with E-state index in [1.807, 2.05) is 0 Å². The second-order valence-corrected chi connectivity index (χ2v) is 7.29. The van der Waals surface area contributed by atoms with Gasteiger partial charge in [-0.05, 0) is 49.9 Å². The van der Waals surface area contributed by atoms with Crippen LogP contribution in [0.3, 0.4) is 0 Å². The molecule has 0 heterocycles. The largest absolute Gasteiger partial charge is 0.481 e. The summed E-state index contributed by atoms with van der Waals surface area (Å²) in [7, 11) is 0. The Morgan fingerprint density at radius 1 is 1.25 bits per heavy atom. The second kappa shape index (κ2) is 8.05. The van der Waals surface area contributed by atoms with E-state index in [0.29, 0.717) is 11.8 Å². The minimum atomic E-state index is -0.533. The molecule has 0 bridgehead atoms. The SMILES string of the molecule is CCCCC(CC)CC1(C(=O)O)CCC(C(C)C)CC1. The number of hydrogen-bond donors (Lipinski definition) is 1. The van der Waals surface area contributed by atoms with Gasteiger partial charge in [-0.15, -0.1) is 0 Å². The monoisotopic (exact) mass is 282 g/mol. The fraction of sp³-hybridized carbons (Fsp3) is 0.944. The fourth-order valence-corrected chi connectivity index (χ4v) is 3.86. The molecular formula is C18H34O2. The Kier molecular flexibility index (Phi) is 7.05. The zero-order valence-electron chi connectivity index (χ0n) is 14.0. The third-order valence-corrected chi connectivity index (χ3v) is 5.61. The molecule has 1 aliphatic rings. The van der Waals surface area contributed by atoms with Gasteiger partial charge in [-0.3, -0.25) is 4.79 Å². The topological polar surface area (TPSA) is 37.3 Å². The van der Waals surface area contributed by atoms with Gasteiger partial charge in [0.15, 0.2) is 0 Å². The highest BCUT2D eigenvalue weighted by Gasteiger charge is 2.43. The number of carboxylic acid groups (broad SMARTS) is 1. The summed E-state index contributed by atoms with van der Waals surface area (Å²) < 4.78 is 0. The van der Waals surface area contributed by atoms with E-state index in [-0.39, 0.29) is 0 Å². The van der Waals surface area contributed by atoms with Crippen molar-refractivity contribution in [2.75, 3.05) is 0 Å². The van der Waals surface area contributed by atoms with Crippen LogP contribution in [0.2, 0.25) is 0 Å². The van der Waals surface area contributed by atoms with Gasteiger partial charge >= 0.3 is 5.97 Å². The first-order valence-corrected chi connectivity index (χ1v) is 8.68. The normalized spacial score (nSPS) is 28.6. The molecule has 0 spiro atoms. The number of carboxylic acids is 1. The van der Waals surface area contributed by atoms with Crippen LogP contribution in [-0.4, -0.2) is 11.1 Å². The molecule has 1 rings (SSSR count). The highest BCUT2D eigenvalue weighted by atomic mass is 16.4. The molecular weight excluding hydrogens is 248 g/mol. The molecule has 1 N–H and O–H groups in total. The third kappa shape index (κ3) is 4.49. The summed E-state index contributed by atoms with van der Waals surface area (Å²) in [6.07, 6.45) is 9.70. The van der Waals surface area contributed by atoms with Crippen LogP contribution >= 0.6 is 0 Å². The number of hydrogen-bond acceptors (Lipinski definition) is 1. The molecule has 1 saturated carbocycles. The highest BCUT2D eigenvalue weighted by Crippen LogP contribution is 2.46. The number of rotatable bonds is 8. The number of aliphatic carboxylic acids is 1. The molecule has 2 nitrogen and oxygen atoms in total. The first kappa shape index (κ1) is 17.5. The van der Waals surface area contributed by atoms with Crippen molar-refractivity contribution in [2.45, 2.75) is 85.5 Å². The van der Waals surface area contributed by atoms with Crippen LogP contribution in [0.5, 0.6) is 0 Å². The van der Waals surface area contributed by atoms with Crippen molar-refractivity contribution < 1.29 is 9.90 Å². The molecule has 0 amide bonds. The van der Waals surface area contributed by atoms with Crippen molar-refractivity contribution >= 4 is 5.97 Å². The van der Waals surface area contributed by atoms with Crippen molar-refractivity contribution in [1.29, 1.82) is 0 Å². The minimum Gasteiger partial charge on any atom is -0.481 e. The second-order valence-electron chi connectivity index (χ2n) is 7.29. The smallest absolute Gasteiger partial charge is 0.309 e. The van der Waals surface area contributed by atoms with Crippen LogP contribution in [0.25, 0.3) is 0 Å². The van der Waals surface area contributed by atoms with Gasteiger partial charge in [-0.1, -0.05) is 53.4 Å². The zero-order chi connectivity index (χ0) is 15.2. The first-order chi connectivity index (χ1) is 9.45. The molecule has 2 heteroatoms. The van der Waals surface area contributed by atoms with E-state index in [9.17, 15) is 9.90 Å². The maximum Gasteiger partial charge on any atom is 0.309 e. The Balaban J connectivity index is 2.66. The van der Waals surface area contributed by atoms with Crippen LogP contribution in [0.15, 0.2) is 0 Å². The third-order valence-electron chi connectivity index (χ3n) is 5.61. The lowest BCUT2D eigenvalue weighted by molar-refractivity contribution is -0.153. The van der Waals surface area contributed by atoms with Gasteiger partial charge in [0.1, 0.15) is 0 Å². The number of carbonyl (C=O) groups is 1. The van der Waals surface area contributed by atoms with Gasteiger partial charge in [0.25, 0.3) is 0 Å². The Labute approximate surface area is 125 Å². The van der Waals surface area contributed by atoms with E-state index < -0.39 is 11.4 Å². The van der Waals surface area contributed by atoms with E-state index in [0.717, 1.165) is 44.4 Å². The van der Waals surface area contributed by atoms with Crippen molar-refractivity contribution in [2.24, 2.45) is 23.2 Å². The fourth-order valence-electron chi connectivity index (χ4n) is 3.86. The lowest BCUT2D eigenvalue weighted by Crippen LogP contribution is -2.38.